The molecular weight excluding hydrogens is 450 g/mol. The highest BCUT2D eigenvalue weighted by atomic mass is 32.2. The molecule has 2 N–H and O–H groups in total. The SMILES string of the molecule is Cc1ccc(NS(=O)(=O)c2ccc(C)c(C(=O)NCc3ccc(OCCN(C)C)cc3)c2)cc1. The van der Waals surface area contributed by atoms with E-state index in [1.165, 1.54) is 12.1 Å². The average Bonchev–Trinajstić information content (AvgIpc) is 2.79. The van der Waals surface area contributed by atoms with Crippen molar-refractivity contribution in [2.24, 2.45) is 0 Å². The second-order valence-corrected chi connectivity index (χ2v) is 10.1. The third-order valence-electron chi connectivity index (χ3n) is 5.25. The zero-order chi connectivity index (χ0) is 24.7. The Morgan fingerprint density at radius 3 is 2.26 bits per heavy atom. The van der Waals surface area contributed by atoms with Crippen LogP contribution in [0.4, 0.5) is 5.69 Å². The first kappa shape index (κ1) is 25.3. The van der Waals surface area contributed by atoms with E-state index in [9.17, 15) is 13.2 Å². The number of likely N-dealkylation sites (N-methyl/N-ethyl adjacent to an activating group) is 1. The lowest BCUT2D eigenvalue weighted by Gasteiger charge is -2.13. The predicted molar refractivity (Wildman–Crippen MR) is 135 cm³/mol. The van der Waals surface area contributed by atoms with Gasteiger partial charge >= 0.3 is 0 Å². The molecular formula is C26H31N3O4S. The molecule has 0 aliphatic heterocycles. The van der Waals surface area contributed by atoms with E-state index in [0.717, 1.165) is 23.4 Å². The van der Waals surface area contributed by atoms with Gasteiger partial charge in [0.25, 0.3) is 15.9 Å². The van der Waals surface area contributed by atoms with Crippen LogP contribution in [0.25, 0.3) is 0 Å². The molecule has 3 rings (SSSR count). The van der Waals surface area contributed by atoms with Crippen molar-refractivity contribution in [3.05, 3.63) is 89.0 Å². The number of hydrogen-bond donors (Lipinski definition) is 2. The molecule has 0 radical (unpaired) electrons. The predicted octanol–water partition coefficient (Wildman–Crippen LogP) is 3.97. The van der Waals surface area contributed by atoms with E-state index in [-0.39, 0.29) is 10.8 Å². The minimum absolute atomic E-state index is 0.0306. The fourth-order valence-corrected chi connectivity index (χ4v) is 4.26. The summed E-state index contributed by atoms with van der Waals surface area (Å²) < 4.78 is 33.9. The van der Waals surface area contributed by atoms with E-state index < -0.39 is 10.0 Å². The summed E-state index contributed by atoms with van der Waals surface area (Å²) in [6, 6.07) is 19.1. The van der Waals surface area contributed by atoms with Gasteiger partial charge in [0.1, 0.15) is 12.4 Å². The molecule has 7 nitrogen and oxygen atoms in total. The molecule has 0 saturated carbocycles. The van der Waals surface area contributed by atoms with Gasteiger partial charge in [0.2, 0.25) is 0 Å². The third kappa shape index (κ3) is 7.07. The Hall–Kier alpha value is -3.36. The molecule has 0 aromatic heterocycles. The van der Waals surface area contributed by atoms with Crippen LogP contribution in [0.15, 0.2) is 71.6 Å². The van der Waals surface area contributed by atoms with Gasteiger partial charge in [0, 0.05) is 24.3 Å². The normalized spacial score (nSPS) is 11.3. The van der Waals surface area contributed by atoms with Crippen LogP contribution in [0.5, 0.6) is 5.75 Å². The number of carbonyl (C=O) groups excluding carboxylic acids is 1. The van der Waals surface area contributed by atoms with Crippen molar-refractivity contribution in [1.82, 2.24) is 10.2 Å². The Bertz CT molecular complexity index is 1220. The summed E-state index contributed by atoms with van der Waals surface area (Å²) in [4.78, 5) is 14.9. The average molecular weight is 482 g/mol. The number of hydrogen-bond acceptors (Lipinski definition) is 5. The molecule has 0 spiro atoms. The van der Waals surface area contributed by atoms with E-state index in [1.54, 1.807) is 25.1 Å². The van der Waals surface area contributed by atoms with Crippen LogP contribution in [0.2, 0.25) is 0 Å². The van der Waals surface area contributed by atoms with Gasteiger partial charge < -0.3 is 15.0 Å². The molecule has 0 aliphatic rings. The zero-order valence-electron chi connectivity index (χ0n) is 20.0. The molecule has 3 aromatic rings. The first-order valence-corrected chi connectivity index (χ1v) is 12.5. The number of carbonyl (C=O) groups is 1. The first-order chi connectivity index (χ1) is 16.1. The summed E-state index contributed by atoms with van der Waals surface area (Å²) in [6.07, 6.45) is 0. The Morgan fingerprint density at radius 1 is 0.941 bits per heavy atom. The van der Waals surface area contributed by atoms with Crippen LogP contribution in [-0.2, 0) is 16.6 Å². The van der Waals surface area contributed by atoms with Crippen molar-refractivity contribution in [2.75, 3.05) is 32.0 Å². The standard InChI is InChI=1S/C26H31N3O4S/c1-19-5-10-22(11-6-19)28-34(31,32)24-14-7-20(2)25(17-24)26(30)27-18-21-8-12-23(13-9-21)33-16-15-29(3)4/h5-14,17,28H,15-16,18H2,1-4H3,(H,27,30). The lowest BCUT2D eigenvalue weighted by molar-refractivity contribution is 0.0950. The fourth-order valence-electron chi connectivity index (χ4n) is 3.18. The van der Waals surface area contributed by atoms with Crippen molar-refractivity contribution < 1.29 is 17.9 Å². The maximum atomic E-state index is 12.8. The Balaban J connectivity index is 1.65. The van der Waals surface area contributed by atoms with Crippen LogP contribution in [0, 0.1) is 13.8 Å². The van der Waals surface area contributed by atoms with Gasteiger partial charge in [-0.05, 0) is 75.5 Å². The zero-order valence-corrected chi connectivity index (χ0v) is 20.8. The van der Waals surface area contributed by atoms with Gasteiger partial charge in [-0.2, -0.15) is 0 Å². The lowest BCUT2D eigenvalue weighted by Crippen LogP contribution is -2.24. The fraction of sp³-hybridized carbons (Fsp3) is 0.269. The number of amides is 1. The summed E-state index contributed by atoms with van der Waals surface area (Å²) in [5, 5.41) is 2.87. The number of sulfonamides is 1. The molecule has 0 atom stereocenters. The highest BCUT2D eigenvalue weighted by Gasteiger charge is 2.18. The van der Waals surface area contributed by atoms with Crippen LogP contribution in [0.1, 0.15) is 27.0 Å². The van der Waals surface area contributed by atoms with Gasteiger partial charge in [0.05, 0.1) is 4.90 Å². The third-order valence-corrected chi connectivity index (χ3v) is 6.63. The Labute approximate surface area is 201 Å². The minimum atomic E-state index is -3.83. The van der Waals surface area contributed by atoms with Crippen molar-refractivity contribution in [1.29, 1.82) is 0 Å². The van der Waals surface area contributed by atoms with Crippen molar-refractivity contribution in [3.8, 4) is 5.75 Å². The van der Waals surface area contributed by atoms with E-state index in [2.05, 4.69) is 10.0 Å². The van der Waals surface area contributed by atoms with E-state index in [0.29, 0.717) is 30.0 Å². The monoisotopic (exact) mass is 481 g/mol. The van der Waals surface area contributed by atoms with E-state index in [4.69, 9.17) is 4.74 Å². The molecule has 0 unspecified atom stereocenters. The molecule has 0 bridgehead atoms. The molecule has 0 saturated heterocycles. The van der Waals surface area contributed by atoms with E-state index in [1.807, 2.05) is 62.3 Å². The molecule has 0 fully saturated rings. The molecule has 34 heavy (non-hydrogen) atoms. The van der Waals surface area contributed by atoms with Crippen molar-refractivity contribution in [2.45, 2.75) is 25.3 Å². The van der Waals surface area contributed by atoms with Gasteiger partial charge in [-0.3, -0.25) is 9.52 Å². The number of benzene rings is 3. The minimum Gasteiger partial charge on any atom is -0.492 e. The van der Waals surface area contributed by atoms with Crippen LogP contribution in [-0.4, -0.2) is 46.5 Å². The van der Waals surface area contributed by atoms with E-state index >= 15 is 0 Å². The van der Waals surface area contributed by atoms with Crippen molar-refractivity contribution >= 4 is 21.6 Å². The van der Waals surface area contributed by atoms with Crippen LogP contribution in [0.3, 0.4) is 0 Å². The number of rotatable bonds is 10. The lowest BCUT2D eigenvalue weighted by atomic mass is 10.1. The summed E-state index contributed by atoms with van der Waals surface area (Å²) >= 11 is 0. The van der Waals surface area contributed by atoms with Crippen LogP contribution >= 0.6 is 0 Å². The Kier molecular flexibility index (Phi) is 8.31. The van der Waals surface area contributed by atoms with Gasteiger partial charge in [0.15, 0.2) is 0 Å². The largest absolute Gasteiger partial charge is 0.492 e. The highest BCUT2D eigenvalue weighted by Crippen LogP contribution is 2.20. The number of aryl methyl sites for hydroxylation is 2. The summed E-state index contributed by atoms with van der Waals surface area (Å²) in [5.41, 5.74) is 3.41. The quantitative estimate of drug-likeness (QED) is 0.457. The number of nitrogens with zero attached hydrogens (tertiary/aromatic N) is 1. The highest BCUT2D eigenvalue weighted by molar-refractivity contribution is 7.92. The first-order valence-electron chi connectivity index (χ1n) is 11.0. The Morgan fingerprint density at radius 2 is 1.62 bits per heavy atom. The maximum absolute atomic E-state index is 12.8. The number of anilines is 1. The van der Waals surface area contributed by atoms with Gasteiger partial charge in [-0.1, -0.05) is 35.9 Å². The molecule has 8 heteroatoms. The van der Waals surface area contributed by atoms with Crippen molar-refractivity contribution in [3.63, 3.8) is 0 Å². The second-order valence-electron chi connectivity index (χ2n) is 8.43. The number of nitrogens with one attached hydrogen (secondary N) is 2. The van der Waals surface area contributed by atoms with Crippen LogP contribution < -0.4 is 14.8 Å². The summed E-state index contributed by atoms with van der Waals surface area (Å²) in [7, 11) is 0.146. The topological polar surface area (TPSA) is 87.7 Å². The molecule has 0 aliphatic carbocycles. The number of ether oxygens (including phenoxy) is 1. The molecule has 0 heterocycles. The molecule has 180 valence electrons. The summed E-state index contributed by atoms with van der Waals surface area (Å²) in [5.74, 6) is 0.433. The molecule has 1 amide bonds. The maximum Gasteiger partial charge on any atom is 0.261 e. The second kappa shape index (κ2) is 11.2. The van der Waals surface area contributed by atoms with Gasteiger partial charge in [-0.25, -0.2) is 8.42 Å². The smallest absolute Gasteiger partial charge is 0.261 e. The molecule has 3 aromatic carbocycles. The van der Waals surface area contributed by atoms with Gasteiger partial charge in [-0.15, -0.1) is 0 Å². The summed E-state index contributed by atoms with van der Waals surface area (Å²) in [6.45, 7) is 5.44.